The van der Waals surface area contributed by atoms with Gasteiger partial charge in [0, 0.05) is 36.8 Å². The number of carbonyl (C=O) groups excluding carboxylic acids is 1. The van der Waals surface area contributed by atoms with Crippen molar-refractivity contribution in [3.63, 3.8) is 0 Å². The van der Waals surface area contributed by atoms with Crippen molar-refractivity contribution in [2.45, 2.75) is 0 Å². The first-order valence-corrected chi connectivity index (χ1v) is 10.7. The van der Waals surface area contributed by atoms with Gasteiger partial charge in [-0.15, -0.1) is 12.4 Å². The van der Waals surface area contributed by atoms with E-state index >= 15 is 0 Å². The van der Waals surface area contributed by atoms with Crippen molar-refractivity contribution in [1.29, 1.82) is 0 Å². The normalized spacial score (nSPS) is 14.3. The second-order valence-corrected chi connectivity index (χ2v) is 8.19. The fourth-order valence-electron chi connectivity index (χ4n) is 3.24. The molecule has 160 valence electrons. The number of nitrogens with zero attached hydrogens (tertiary/aromatic N) is 3. The highest BCUT2D eigenvalue weighted by Crippen LogP contribution is 2.31. The van der Waals surface area contributed by atoms with Crippen LogP contribution in [0.1, 0.15) is 10.4 Å². The molecule has 9 heteroatoms. The average Bonchev–Trinajstić information content (AvgIpc) is 3.17. The van der Waals surface area contributed by atoms with Crippen LogP contribution in [0.4, 0.5) is 5.13 Å². The smallest absolute Gasteiger partial charge is 0.260 e. The summed E-state index contributed by atoms with van der Waals surface area (Å²) in [6.07, 6.45) is 0. The number of halogens is 2. The van der Waals surface area contributed by atoms with Crippen molar-refractivity contribution < 1.29 is 14.3 Å². The first-order valence-electron chi connectivity index (χ1n) is 9.46. The number of benzene rings is 2. The Labute approximate surface area is 190 Å². The van der Waals surface area contributed by atoms with Crippen molar-refractivity contribution in [3.8, 4) is 5.75 Å². The standard InChI is InChI=1S/C21H22ClN3O3S.ClH/c1-27-17-5-2-15(3-6-17)20(26)25(9-8-24-10-12-28-13-11-24)21-23-18-7-4-16(22)14-19(18)29-21;/h2-7,14H,8-13H2,1H3;1H. The Balaban J connectivity index is 0.00000256. The van der Waals surface area contributed by atoms with E-state index in [1.165, 1.54) is 11.3 Å². The number of ether oxygens (including phenoxy) is 2. The average molecular weight is 468 g/mol. The van der Waals surface area contributed by atoms with Gasteiger partial charge in [0.1, 0.15) is 5.75 Å². The molecule has 3 aromatic rings. The lowest BCUT2D eigenvalue weighted by atomic mass is 10.2. The maximum atomic E-state index is 13.3. The summed E-state index contributed by atoms with van der Waals surface area (Å²) < 4.78 is 11.6. The molecule has 1 amide bonds. The molecule has 1 aliphatic heterocycles. The van der Waals surface area contributed by atoms with Gasteiger partial charge in [0.15, 0.2) is 5.13 Å². The van der Waals surface area contributed by atoms with Crippen LogP contribution in [0.25, 0.3) is 10.2 Å². The summed E-state index contributed by atoms with van der Waals surface area (Å²) in [6, 6.07) is 12.7. The molecule has 0 spiro atoms. The number of morpholine rings is 1. The summed E-state index contributed by atoms with van der Waals surface area (Å²) in [5.74, 6) is 0.641. The maximum absolute atomic E-state index is 13.3. The monoisotopic (exact) mass is 467 g/mol. The van der Waals surface area contributed by atoms with Gasteiger partial charge in [-0.25, -0.2) is 4.98 Å². The lowest BCUT2D eigenvalue weighted by molar-refractivity contribution is 0.0391. The number of methoxy groups -OCH3 is 1. The van der Waals surface area contributed by atoms with Crippen LogP contribution in [-0.2, 0) is 4.74 Å². The highest BCUT2D eigenvalue weighted by Gasteiger charge is 2.23. The van der Waals surface area contributed by atoms with Crippen molar-refractivity contribution >= 4 is 56.6 Å². The number of anilines is 1. The Bertz CT molecular complexity index is 991. The van der Waals surface area contributed by atoms with Crippen molar-refractivity contribution in [3.05, 3.63) is 53.1 Å². The summed E-state index contributed by atoms with van der Waals surface area (Å²) >= 11 is 7.60. The first-order chi connectivity index (χ1) is 14.1. The van der Waals surface area contributed by atoms with Crippen molar-refractivity contribution in [2.75, 3.05) is 51.4 Å². The van der Waals surface area contributed by atoms with Crippen LogP contribution in [0.2, 0.25) is 5.02 Å². The number of hydrogen-bond acceptors (Lipinski definition) is 6. The third kappa shape index (κ3) is 5.22. The minimum Gasteiger partial charge on any atom is -0.497 e. The SMILES string of the molecule is COc1ccc(C(=O)N(CCN2CCOCC2)c2nc3ccc(Cl)cc3s2)cc1.Cl. The van der Waals surface area contributed by atoms with Gasteiger partial charge in [-0.3, -0.25) is 14.6 Å². The Morgan fingerprint density at radius 3 is 2.67 bits per heavy atom. The van der Waals surface area contributed by atoms with E-state index in [1.54, 1.807) is 36.3 Å². The molecule has 0 saturated carbocycles. The first kappa shape index (κ1) is 22.8. The Kier molecular flexibility index (Phi) is 7.91. The molecule has 2 heterocycles. The fraction of sp³-hybridized carbons (Fsp3) is 0.333. The Morgan fingerprint density at radius 1 is 1.23 bits per heavy atom. The quantitative estimate of drug-likeness (QED) is 0.538. The molecular formula is C21H23Cl2N3O3S. The highest BCUT2D eigenvalue weighted by atomic mass is 35.5. The topological polar surface area (TPSA) is 54.9 Å². The predicted octanol–water partition coefficient (Wildman–Crippen LogP) is 4.36. The second kappa shape index (κ2) is 10.4. The minimum absolute atomic E-state index is 0. The summed E-state index contributed by atoms with van der Waals surface area (Å²) in [7, 11) is 1.61. The van der Waals surface area contributed by atoms with Gasteiger partial charge >= 0.3 is 0 Å². The Morgan fingerprint density at radius 2 is 1.97 bits per heavy atom. The van der Waals surface area contributed by atoms with Crippen LogP contribution in [-0.4, -0.2) is 62.3 Å². The minimum atomic E-state index is -0.0777. The van der Waals surface area contributed by atoms with Gasteiger partial charge in [0.05, 0.1) is 30.5 Å². The van der Waals surface area contributed by atoms with Crippen LogP contribution in [0.15, 0.2) is 42.5 Å². The maximum Gasteiger partial charge on any atom is 0.260 e. The molecule has 1 aliphatic rings. The lowest BCUT2D eigenvalue weighted by Crippen LogP contribution is -2.43. The van der Waals surface area contributed by atoms with Crippen LogP contribution < -0.4 is 9.64 Å². The third-order valence-electron chi connectivity index (χ3n) is 4.90. The number of thiazole rings is 1. The van der Waals surface area contributed by atoms with Crippen molar-refractivity contribution in [2.24, 2.45) is 0 Å². The molecule has 0 aliphatic carbocycles. The summed E-state index contributed by atoms with van der Waals surface area (Å²) in [5.41, 5.74) is 1.44. The van der Waals surface area contributed by atoms with Gasteiger partial charge < -0.3 is 9.47 Å². The molecular weight excluding hydrogens is 445 g/mol. The van der Waals surface area contributed by atoms with E-state index in [0.717, 1.165) is 48.8 Å². The van der Waals surface area contributed by atoms with E-state index in [0.29, 0.717) is 22.3 Å². The molecule has 0 unspecified atom stereocenters. The third-order valence-corrected chi connectivity index (χ3v) is 6.17. The molecule has 0 radical (unpaired) electrons. The molecule has 30 heavy (non-hydrogen) atoms. The lowest BCUT2D eigenvalue weighted by Gasteiger charge is -2.29. The van der Waals surface area contributed by atoms with Crippen LogP contribution in [0.3, 0.4) is 0 Å². The van der Waals surface area contributed by atoms with E-state index in [1.807, 2.05) is 18.2 Å². The summed E-state index contributed by atoms with van der Waals surface area (Å²) in [5, 5.41) is 1.34. The van der Waals surface area contributed by atoms with Gasteiger partial charge in [-0.05, 0) is 42.5 Å². The van der Waals surface area contributed by atoms with E-state index in [4.69, 9.17) is 26.1 Å². The molecule has 6 nitrogen and oxygen atoms in total. The van der Waals surface area contributed by atoms with Gasteiger partial charge in [-0.2, -0.15) is 0 Å². The van der Waals surface area contributed by atoms with Crippen molar-refractivity contribution in [1.82, 2.24) is 9.88 Å². The molecule has 0 atom stereocenters. The van der Waals surface area contributed by atoms with Crippen LogP contribution in [0.5, 0.6) is 5.75 Å². The van der Waals surface area contributed by atoms with E-state index < -0.39 is 0 Å². The number of aromatic nitrogens is 1. The number of carbonyl (C=O) groups is 1. The fourth-order valence-corrected chi connectivity index (χ4v) is 4.51. The Hall–Kier alpha value is -1.90. The largest absolute Gasteiger partial charge is 0.497 e. The van der Waals surface area contributed by atoms with Gasteiger partial charge in [0.2, 0.25) is 0 Å². The van der Waals surface area contributed by atoms with E-state index in [2.05, 4.69) is 4.90 Å². The van der Waals surface area contributed by atoms with Gasteiger partial charge in [0.25, 0.3) is 5.91 Å². The zero-order valence-corrected chi connectivity index (χ0v) is 18.9. The molecule has 0 N–H and O–H groups in total. The number of hydrogen-bond donors (Lipinski definition) is 0. The number of fused-ring (bicyclic) bond motifs is 1. The predicted molar refractivity (Wildman–Crippen MR) is 124 cm³/mol. The van der Waals surface area contributed by atoms with Crippen LogP contribution in [0, 0.1) is 0 Å². The summed E-state index contributed by atoms with van der Waals surface area (Å²) in [6.45, 7) is 4.53. The molecule has 0 bridgehead atoms. The van der Waals surface area contributed by atoms with E-state index in [9.17, 15) is 4.79 Å². The second-order valence-electron chi connectivity index (χ2n) is 6.75. The zero-order valence-electron chi connectivity index (χ0n) is 16.5. The van der Waals surface area contributed by atoms with Gasteiger partial charge in [-0.1, -0.05) is 22.9 Å². The molecule has 1 aromatic heterocycles. The van der Waals surface area contributed by atoms with Crippen LogP contribution >= 0.6 is 35.3 Å². The number of amides is 1. The van der Waals surface area contributed by atoms with E-state index in [-0.39, 0.29) is 18.3 Å². The molecule has 1 saturated heterocycles. The zero-order chi connectivity index (χ0) is 20.2. The summed E-state index contributed by atoms with van der Waals surface area (Å²) in [4.78, 5) is 22.1. The highest BCUT2D eigenvalue weighted by molar-refractivity contribution is 7.22. The molecule has 4 rings (SSSR count). The molecule has 2 aromatic carbocycles. The molecule has 1 fully saturated rings. The number of rotatable bonds is 6.